The maximum Gasteiger partial charge on any atom is 0.337 e. The highest BCUT2D eigenvalue weighted by Crippen LogP contribution is 2.20. The molecule has 0 aliphatic carbocycles. The van der Waals surface area contributed by atoms with Crippen LogP contribution in [0.5, 0.6) is 0 Å². The number of aromatic carboxylic acids is 1. The van der Waals surface area contributed by atoms with Gasteiger partial charge in [-0.1, -0.05) is 12.1 Å². The van der Waals surface area contributed by atoms with Crippen molar-refractivity contribution in [3.8, 4) is 0 Å². The zero-order valence-corrected chi connectivity index (χ0v) is 10.4. The Morgan fingerprint density at radius 1 is 1.42 bits per heavy atom. The van der Waals surface area contributed by atoms with E-state index in [0.717, 1.165) is 5.56 Å². The molecule has 1 aromatic carbocycles. The van der Waals surface area contributed by atoms with Crippen LogP contribution in [0.2, 0.25) is 0 Å². The summed E-state index contributed by atoms with van der Waals surface area (Å²) < 4.78 is 13.1. The maximum atomic E-state index is 13.1. The molecule has 98 valence electrons. The summed E-state index contributed by atoms with van der Waals surface area (Å²) in [6, 6.07) is 7.65. The number of pyridine rings is 1. The van der Waals surface area contributed by atoms with E-state index >= 15 is 0 Å². The van der Waals surface area contributed by atoms with Crippen LogP contribution in [0.1, 0.15) is 15.9 Å². The molecule has 0 radical (unpaired) electrons. The van der Waals surface area contributed by atoms with Gasteiger partial charge in [-0.3, -0.25) is 4.98 Å². The van der Waals surface area contributed by atoms with Crippen LogP contribution < -0.4 is 4.90 Å². The third kappa shape index (κ3) is 3.07. The standard InChI is InChI=1S/C14H13FN2O2/c1-17(9-10-3-2-4-11(15)7-10)13-8-16-6-5-12(13)14(18)19/h2-8H,9H2,1H3,(H,18,19). The summed E-state index contributed by atoms with van der Waals surface area (Å²) in [5.41, 5.74) is 1.44. The lowest BCUT2D eigenvalue weighted by molar-refractivity contribution is 0.0697. The zero-order chi connectivity index (χ0) is 13.8. The molecular formula is C14H13FN2O2. The first-order valence-corrected chi connectivity index (χ1v) is 5.71. The largest absolute Gasteiger partial charge is 0.478 e. The van der Waals surface area contributed by atoms with E-state index in [0.29, 0.717) is 12.2 Å². The third-order valence-electron chi connectivity index (χ3n) is 2.75. The molecule has 0 unspecified atom stereocenters. The van der Waals surface area contributed by atoms with E-state index in [-0.39, 0.29) is 11.4 Å². The minimum atomic E-state index is -1.01. The molecule has 1 N–H and O–H groups in total. The Hall–Kier alpha value is -2.43. The van der Waals surface area contributed by atoms with Gasteiger partial charge < -0.3 is 10.0 Å². The predicted molar refractivity (Wildman–Crippen MR) is 69.7 cm³/mol. The monoisotopic (exact) mass is 260 g/mol. The molecule has 0 amide bonds. The molecule has 4 nitrogen and oxygen atoms in total. The van der Waals surface area contributed by atoms with Gasteiger partial charge in [0, 0.05) is 19.8 Å². The van der Waals surface area contributed by atoms with Gasteiger partial charge in [-0.25, -0.2) is 9.18 Å². The fraction of sp³-hybridized carbons (Fsp3) is 0.143. The Balaban J connectivity index is 2.25. The van der Waals surface area contributed by atoms with Crippen molar-refractivity contribution in [2.24, 2.45) is 0 Å². The predicted octanol–water partition coefficient (Wildman–Crippen LogP) is 2.56. The number of benzene rings is 1. The molecule has 0 aliphatic rings. The summed E-state index contributed by atoms with van der Waals surface area (Å²) in [5.74, 6) is -1.32. The van der Waals surface area contributed by atoms with Crippen LogP contribution in [0.15, 0.2) is 42.7 Å². The number of rotatable bonds is 4. The SMILES string of the molecule is CN(Cc1cccc(F)c1)c1cnccc1C(=O)O. The van der Waals surface area contributed by atoms with E-state index in [1.54, 1.807) is 24.1 Å². The quantitative estimate of drug-likeness (QED) is 0.917. The van der Waals surface area contributed by atoms with Crippen LogP contribution in [0.25, 0.3) is 0 Å². The number of halogens is 1. The molecule has 0 aliphatic heterocycles. The highest BCUT2D eigenvalue weighted by atomic mass is 19.1. The van der Waals surface area contributed by atoms with Gasteiger partial charge >= 0.3 is 5.97 Å². The Morgan fingerprint density at radius 3 is 2.89 bits per heavy atom. The Bertz CT molecular complexity index is 602. The highest BCUT2D eigenvalue weighted by molar-refractivity contribution is 5.94. The number of carboxylic acid groups (broad SMARTS) is 1. The van der Waals surface area contributed by atoms with E-state index in [1.165, 1.54) is 30.6 Å². The van der Waals surface area contributed by atoms with E-state index in [1.807, 2.05) is 0 Å². The van der Waals surface area contributed by atoms with Crippen molar-refractivity contribution in [1.29, 1.82) is 0 Å². The number of carbonyl (C=O) groups is 1. The lowest BCUT2D eigenvalue weighted by atomic mass is 10.1. The summed E-state index contributed by atoms with van der Waals surface area (Å²) in [6.45, 7) is 0.406. The molecule has 5 heteroatoms. The van der Waals surface area contributed by atoms with Crippen LogP contribution >= 0.6 is 0 Å². The number of hydrogen-bond acceptors (Lipinski definition) is 3. The second-order valence-electron chi connectivity index (χ2n) is 4.18. The van der Waals surface area contributed by atoms with Crippen molar-refractivity contribution in [1.82, 2.24) is 4.98 Å². The number of anilines is 1. The summed E-state index contributed by atoms with van der Waals surface area (Å²) in [4.78, 5) is 16.8. The molecule has 2 aromatic rings. The molecule has 1 heterocycles. The summed E-state index contributed by atoms with van der Waals surface area (Å²) in [5, 5.41) is 9.11. The van der Waals surface area contributed by atoms with Crippen molar-refractivity contribution in [3.05, 3.63) is 59.7 Å². The van der Waals surface area contributed by atoms with Crippen molar-refractivity contribution in [3.63, 3.8) is 0 Å². The van der Waals surface area contributed by atoms with Gasteiger partial charge in [0.05, 0.1) is 17.4 Å². The van der Waals surface area contributed by atoms with Crippen molar-refractivity contribution < 1.29 is 14.3 Å². The minimum Gasteiger partial charge on any atom is -0.478 e. The number of carboxylic acids is 1. The van der Waals surface area contributed by atoms with E-state index in [4.69, 9.17) is 5.11 Å². The topological polar surface area (TPSA) is 53.4 Å². The molecule has 0 bridgehead atoms. The Morgan fingerprint density at radius 2 is 2.21 bits per heavy atom. The van der Waals surface area contributed by atoms with Gasteiger partial charge in [0.2, 0.25) is 0 Å². The molecule has 1 aromatic heterocycles. The molecule has 0 fully saturated rings. The molecule has 19 heavy (non-hydrogen) atoms. The van der Waals surface area contributed by atoms with Gasteiger partial charge in [0.1, 0.15) is 5.82 Å². The average Bonchev–Trinajstić information content (AvgIpc) is 2.38. The van der Waals surface area contributed by atoms with Crippen LogP contribution in [-0.4, -0.2) is 23.1 Å². The fourth-order valence-corrected chi connectivity index (χ4v) is 1.87. The molecular weight excluding hydrogens is 247 g/mol. The first kappa shape index (κ1) is 13.0. The van der Waals surface area contributed by atoms with E-state index in [2.05, 4.69) is 4.98 Å². The first-order chi connectivity index (χ1) is 9.08. The van der Waals surface area contributed by atoms with Crippen molar-refractivity contribution in [2.45, 2.75) is 6.54 Å². The van der Waals surface area contributed by atoms with E-state index < -0.39 is 5.97 Å². The van der Waals surface area contributed by atoms with Crippen LogP contribution in [0.4, 0.5) is 10.1 Å². The minimum absolute atomic E-state index is 0.175. The normalized spacial score (nSPS) is 10.2. The van der Waals surface area contributed by atoms with Crippen molar-refractivity contribution in [2.75, 3.05) is 11.9 Å². The average molecular weight is 260 g/mol. The fourth-order valence-electron chi connectivity index (χ4n) is 1.87. The second-order valence-corrected chi connectivity index (χ2v) is 4.18. The van der Waals surface area contributed by atoms with Crippen molar-refractivity contribution >= 4 is 11.7 Å². The molecule has 0 atom stereocenters. The van der Waals surface area contributed by atoms with Crippen LogP contribution in [-0.2, 0) is 6.54 Å². The number of aromatic nitrogens is 1. The smallest absolute Gasteiger partial charge is 0.337 e. The summed E-state index contributed by atoms with van der Waals surface area (Å²) in [7, 11) is 1.74. The Labute approximate surface area is 110 Å². The highest BCUT2D eigenvalue weighted by Gasteiger charge is 2.13. The third-order valence-corrected chi connectivity index (χ3v) is 2.75. The van der Waals surface area contributed by atoms with Gasteiger partial charge in [-0.15, -0.1) is 0 Å². The lowest BCUT2D eigenvalue weighted by Gasteiger charge is -2.20. The van der Waals surface area contributed by atoms with Gasteiger partial charge in [-0.2, -0.15) is 0 Å². The molecule has 2 rings (SSSR count). The number of hydrogen-bond donors (Lipinski definition) is 1. The molecule has 0 saturated carbocycles. The zero-order valence-electron chi connectivity index (χ0n) is 10.4. The lowest BCUT2D eigenvalue weighted by Crippen LogP contribution is -2.19. The maximum absolute atomic E-state index is 13.1. The summed E-state index contributed by atoms with van der Waals surface area (Å²) in [6.07, 6.45) is 2.92. The first-order valence-electron chi connectivity index (χ1n) is 5.71. The van der Waals surface area contributed by atoms with Gasteiger partial charge in [-0.05, 0) is 23.8 Å². The second kappa shape index (κ2) is 5.48. The van der Waals surface area contributed by atoms with Crippen LogP contribution in [0.3, 0.4) is 0 Å². The Kier molecular flexibility index (Phi) is 3.75. The van der Waals surface area contributed by atoms with Crippen LogP contribution in [0, 0.1) is 5.82 Å². The van der Waals surface area contributed by atoms with Gasteiger partial charge in [0.25, 0.3) is 0 Å². The van der Waals surface area contributed by atoms with E-state index in [9.17, 15) is 9.18 Å². The summed E-state index contributed by atoms with van der Waals surface area (Å²) >= 11 is 0. The number of nitrogens with zero attached hydrogens (tertiary/aromatic N) is 2. The molecule has 0 spiro atoms. The van der Waals surface area contributed by atoms with Gasteiger partial charge in [0.15, 0.2) is 0 Å². The molecule has 0 saturated heterocycles.